The van der Waals surface area contributed by atoms with Gasteiger partial charge in [0.25, 0.3) is 0 Å². The van der Waals surface area contributed by atoms with Crippen LogP contribution in [0.25, 0.3) is 0 Å². The Bertz CT molecular complexity index is 409. The summed E-state index contributed by atoms with van der Waals surface area (Å²) in [7, 11) is 0. The van der Waals surface area contributed by atoms with Crippen LogP contribution in [-0.4, -0.2) is 40.8 Å². The van der Waals surface area contributed by atoms with E-state index in [2.05, 4.69) is 0 Å². The van der Waals surface area contributed by atoms with Crippen molar-refractivity contribution in [1.29, 1.82) is 0 Å². The van der Waals surface area contributed by atoms with E-state index in [0.717, 1.165) is 0 Å². The molecule has 0 bridgehead atoms. The van der Waals surface area contributed by atoms with Gasteiger partial charge in [-0.25, -0.2) is 0 Å². The van der Waals surface area contributed by atoms with E-state index >= 15 is 0 Å². The monoisotopic (exact) mass is 258 g/mol. The molecule has 0 aromatic rings. The van der Waals surface area contributed by atoms with Gasteiger partial charge in [0.1, 0.15) is 5.41 Å². The number of carboxylic acid groups (broad SMARTS) is 1. The number of hydrogen-bond acceptors (Lipinski definition) is 5. The number of ketones is 1. The van der Waals surface area contributed by atoms with Gasteiger partial charge in [0.15, 0.2) is 5.76 Å². The van der Waals surface area contributed by atoms with Crippen LogP contribution >= 0.6 is 0 Å². The van der Waals surface area contributed by atoms with Gasteiger partial charge in [0, 0.05) is 0 Å². The van der Waals surface area contributed by atoms with Crippen LogP contribution in [0.5, 0.6) is 0 Å². The predicted octanol–water partition coefficient (Wildman–Crippen LogP) is 0.696. The van der Waals surface area contributed by atoms with Crippen LogP contribution in [0, 0.1) is 5.41 Å². The van der Waals surface area contributed by atoms with Gasteiger partial charge >= 0.3 is 5.97 Å². The van der Waals surface area contributed by atoms with Crippen LogP contribution in [0.1, 0.15) is 27.7 Å². The van der Waals surface area contributed by atoms with Gasteiger partial charge in [-0.15, -0.1) is 0 Å². The molecule has 1 unspecified atom stereocenters. The molecule has 0 radical (unpaired) electrons. The Kier molecular flexibility index (Phi) is 3.71. The van der Waals surface area contributed by atoms with Crippen molar-refractivity contribution in [2.75, 3.05) is 13.2 Å². The summed E-state index contributed by atoms with van der Waals surface area (Å²) in [5.41, 5.74) is -3.85. The van der Waals surface area contributed by atoms with Crippen molar-refractivity contribution in [3.63, 3.8) is 0 Å². The highest BCUT2D eigenvalue weighted by Crippen LogP contribution is 2.48. The lowest BCUT2D eigenvalue weighted by Gasteiger charge is -2.45. The summed E-state index contributed by atoms with van der Waals surface area (Å²) in [6, 6.07) is 0. The van der Waals surface area contributed by atoms with Gasteiger partial charge < -0.3 is 19.7 Å². The summed E-state index contributed by atoms with van der Waals surface area (Å²) in [5, 5.41) is 19.5. The van der Waals surface area contributed by atoms with Crippen LogP contribution in [0.3, 0.4) is 0 Å². The molecule has 2 N–H and O–H groups in total. The van der Waals surface area contributed by atoms with Crippen molar-refractivity contribution < 1.29 is 29.3 Å². The Morgan fingerprint density at radius 1 is 1.28 bits per heavy atom. The molecule has 0 aromatic carbocycles. The number of aliphatic hydroxyl groups is 1. The first kappa shape index (κ1) is 14.5. The molecule has 1 atom stereocenters. The van der Waals surface area contributed by atoms with E-state index in [1.165, 1.54) is 13.8 Å². The Morgan fingerprint density at radius 3 is 2.17 bits per heavy atom. The van der Waals surface area contributed by atoms with Crippen molar-refractivity contribution in [3.05, 3.63) is 11.5 Å². The van der Waals surface area contributed by atoms with E-state index in [4.69, 9.17) is 14.6 Å². The highest BCUT2D eigenvalue weighted by Gasteiger charge is 2.67. The van der Waals surface area contributed by atoms with Crippen molar-refractivity contribution in [2.45, 2.75) is 33.3 Å². The molecule has 0 aliphatic heterocycles. The molecule has 6 heteroatoms. The molecule has 1 aliphatic carbocycles. The van der Waals surface area contributed by atoms with E-state index in [-0.39, 0.29) is 24.7 Å². The maximum atomic E-state index is 11.9. The Balaban J connectivity index is 3.26. The fourth-order valence-electron chi connectivity index (χ4n) is 1.78. The molecule has 0 amide bonds. The Labute approximate surface area is 105 Å². The molecule has 0 aromatic heterocycles. The van der Waals surface area contributed by atoms with Gasteiger partial charge in [-0.1, -0.05) is 0 Å². The lowest BCUT2D eigenvalue weighted by molar-refractivity contribution is -0.180. The number of ether oxygens (including phenoxy) is 2. The van der Waals surface area contributed by atoms with Crippen LogP contribution in [0.2, 0.25) is 0 Å². The Morgan fingerprint density at radius 2 is 1.78 bits per heavy atom. The number of carboxylic acids is 1. The minimum absolute atomic E-state index is 0.0869. The maximum absolute atomic E-state index is 11.9. The molecule has 0 saturated heterocycles. The van der Waals surface area contributed by atoms with Gasteiger partial charge in [-0.3, -0.25) is 9.59 Å². The minimum Gasteiger partial charge on any atom is -0.491 e. The third kappa shape index (κ3) is 1.68. The number of hydrogen-bond donors (Lipinski definition) is 2. The second kappa shape index (κ2) is 4.61. The molecule has 1 aliphatic rings. The molecule has 1 rings (SSSR count). The summed E-state index contributed by atoms with van der Waals surface area (Å²) in [6.07, 6.45) is 0. The normalized spacial score (nSPS) is 23.7. The first-order chi connectivity index (χ1) is 8.25. The fraction of sp³-hybridized carbons (Fsp3) is 0.667. The summed E-state index contributed by atoms with van der Waals surface area (Å²) >= 11 is 0. The third-order valence-electron chi connectivity index (χ3n) is 3.09. The second-order valence-corrected chi connectivity index (χ2v) is 4.49. The zero-order valence-corrected chi connectivity index (χ0v) is 10.9. The third-order valence-corrected chi connectivity index (χ3v) is 3.09. The first-order valence-electron chi connectivity index (χ1n) is 5.76. The molecule has 0 spiro atoms. The molecule has 6 nitrogen and oxygen atoms in total. The SMILES string of the molecule is CCOC1=C(OCC)C(O)(C(C)(C)C(=O)O)C1=O. The lowest BCUT2D eigenvalue weighted by Crippen LogP contribution is -2.63. The Hall–Kier alpha value is -1.56. The van der Waals surface area contributed by atoms with E-state index in [0.29, 0.717) is 0 Å². The van der Waals surface area contributed by atoms with Crippen LogP contribution < -0.4 is 0 Å². The zero-order valence-electron chi connectivity index (χ0n) is 10.9. The number of carbonyl (C=O) groups excluding carboxylic acids is 1. The lowest BCUT2D eigenvalue weighted by atomic mass is 9.64. The smallest absolute Gasteiger partial charge is 0.313 e. The number of carbonyl (C=O) groups is 2. The molecule has 0 fully saturated rings. The van der Waals surface area contributed by atoms with Gasteiger partial charge in [-0.2, -0.15) is 0 Å². The predicted molar refractivity (Wildman–Crippen MR) is 61.7 cm³/mol. The summed E-state index contributed by atoms with van der Waals surface area (Å²) < 4.78 is 10.3. The summed E-state index contributed by atoms with van der Waals surface area (Å²) in [4.78, 5) is 23.1. The number of aliphatic carboxylic acids is 1. The van der Waals surface area contributed by atoms with E-state index in [1.54, 1.807) is 13.8 Å². The van der Waals surface area contributed by atoms with Gasteiger partial charge in [0.2, 0.25) is 17.1 Å². The fourth-order valence-corrected chi connectivity index (χ4v) is 1.78. The maximum Gasteiger partial charge on any atom is 0.313 e. The molecule has 102 valence electrons. The van der Waals surface area contributed by atoms with Crippen molar-refractivity contribution in [2.24, 2.45) is 5.41 Å². The minimum atomic E-state index is -2.17. The van der Waals surface area contributed by atoms with Crippen LogP contribution in [0.4, 0.5) is 0 Å². The molecule has 0 saturated carbocycles. The first-order valence-corrected chi connectivity index (χ1v) is 5.76. The van der Waals surface area contributed by atoms with Crippen molar-refractivity contribution in [3.8, 4) is 0 Å². The van der Waals surface area contributed by atoms with Crippen LogP contribution in [-0.2, 0) is 19.1 Å². The molecule has 0 heterocycles. The highest BCUT2D eigenvalue weighted by atomic mass is 16.5. The molecular formula is C12H18O6. The molecule has 18 heavy (non-hydrogen) atoms. The van der Waals surface area contributed by atoms with Crippen molar-refractivity contribution in [1.82, 2.24) is 0 Å². The topological polar surface area (TPSA) is 93.1 Å². The average Bonchev–Trinajstić information content (AvgIpc) is 2.32. The largest absolute Gasteiger partial charge is 0.491 e. The van der Waals surface area contributed by atoms with E-state index in [9.17, 15) is 14.7 Å². The number of Topliss-reactive ketones (excluding diaryl/α,β-unsaturated/α-hetero) is 1. The number of rotatable bonds is 6. The highest BCUT2D eigenvalue weighted by molar-refractivity contribution is 6.13. The molecular weight excluding hydrogens is 240 g/mol. The van der Waals surface area contributed by atoms with Crippen LogP contribution in [0.15, 0.2) is 11.5 Å². The zero-order chi connectivity index (χ0) is 14.1. The summed E-state index contributed by atoms with van der Waals surface area (Å²) in [6.45, 7) is 6.35. The van der Waals surface area contributed by atoms with E-state index in [1.807, 2.05) is 0 Å². The van der Waals surface area contributed by atoms with Gasteiger partial charge in [0.05, 0.1) is 13.2 Å². The summed E-state index contributed by atoms with van der Waals surface area (Å²) in [5.74, 6) is -2.22. The van der Waals surface area contributed by atoms with Gasteiger partial charge in [-0.05, 0) is 27.7 Å². The van der Waals surface area contributed by atoms with Crippen molar-refractivity contribution >= 4 is 11.8 Å². The van der Waals surface area contributed by atoms with E-state index < -0.39 is 22.8 Å². The quantitative estimate of drug-likeness (QED) is 0.728. The second-order valence-electron chi connectivity index (χ2n) is 4.49. The standard InChI is InChI=1S/C12H18O6/c1-5-17-7-8(13)12(16,9(7)18-6-2)11(3,4)10(14)15/h16H,5-6H2,1-4H3,(H,14,15). The average molecular weight is 258 g/mol.